The molecule has 4 nitrogen and oxygen atoms in total. The summed E-state index contributed by atoms with van der Waals surface area (Å²) in [5, 5.41) is 0. The number of aromatic nitrogens is 2. The molecule has 1 fully saturated rings. The van der Waals surface area contributed by atoms with E-state index in [1.807, 2.05) is 24.3 Å². The highest BCUT2D eigenvalue weighted by Gasteiger charge is 2.25. The first-order valence-corrected chi connectivity index (χ1v) is 5.97. The molecule has 1 aliphatic rings. The summed E-state index contributed by atoms with van der Waals surface area (Å²) in [7, 11) is 0. The van der Waals surface area contributed by atoms with E-state index in [0.29, 0.717) is 18.6 Å². The van der Waals surface area contributed by atoms with Crippen LogP contribution < -0.4 is 4.90 Å². The maximum Gasteiger partial charge on any atom is 0.204 e. The molecule has 1 atom stereocenters. The molecule has 1 unspecified atom stereocenters. The van der Waals surface area contributed by atoms with Gasteiger partial charge in [-0.15, -0.1) is 0 Å². The van der Waals surface area contributed by atoms with Gasteiger partial charge in [0.05, 0.1) is 11.0 Å². The number of piperidine rings is 1. The minimum Gasteiger partial charge on any atom is -0.339 e. The Morgan fingerprint density at radius 1 is 1.41 bits per heavy atom. The van der Waals surface area contributed by atoms with Crippen LogP contribution in [0.2, 0.25) is 0 Å². The third-order valence-electron chi connectivity index (χ3n) is 3.34. The number of benzene rings is 1. The fraction of sp³-hybridized carbons (Fsp3) is 0.385. The third-order valence-corrected chi connectivity index (χ3v) is 3.34. The predicted octanol–water partition coefficient (Wildman–Crippen LogP) is 2.12. The average Bonchev–Trinajstić information content (AvgIpc) is 2.72. The first kappa shape index (κ1) is 10.3. The molecule has 88 valence electrons. The fourth-order valence-corrected chi connectivity index (χ4v) is 2.40. The number of para-hydroxylation sites is 2. The van der Waals surface area contributed by atoms with E-state index < -0.39 is 0 Å². The molecule has 1 aromatic heterocycles. The standard InChI is InChI=1S/C13H15N3O/c1-9-8-10(17)6-7-16(9)13-14-11-4-2-3-5-12(11)15-13/h2-5,9H,6-8H2,1H3,(H,14,15). The highest BCUT2D eigenvalue weighted by Crippen LogP contribution is 2.23. The summed E-state index contributed by atoms with van der Waals surface area (Å²) in [5.74, 6) is 1.23. The smallest absolute Gasteiger partial charge is 0.204 e. The van der Waals surface area contributed by atoms with Gasteiger partial charge >= 0.3 is 0 Å². The van der Waals surface area contributed by atoms with Gasteiger partial charge in [-0.3, -0.25) is 4.79 Å². The van der Waals surface area contributed by atoms with Gasteiger partial charge in [0.15, 0.2) is 0 Å². The molecule has 3 rings (SSSR count). The minimum absolute atomic E-state index is 0.233. The molecule has 4 heteroatoms. The van der Waals surface area contributed by atoms with Gasteiger partial charge in [-0.1, -0.05) is 12.1 Å². The summed E-state index contributed by atoms with van der Waals surface area (Å²) in [5.41, 5.74) is 2.03. The summed E-state index contributed by atoms with van der Waals surface area (Å²) in [4.78, 5) is 21.4. The van der Waals surface area contributed by atoms with Crippen LogP contribution >= 0.6 is 0 Å². The Morgan fingerprint density at radius 2 is 2.24 bits per heavy atom. The van der Waals surface area contributed by atoms with E-state index in [-0.39, 0.29) is 6.04 Å². The summed E-state index contributed by atoms with van der Waals surface area (Å²) in [6.45, 7) is 2.84. The van der Waals surface area contributed by atoms with Gasteiger partial charge in [0.1, 0.15) is 5.78 Å². The molecule has 0 spiro atoms. The lowest BCUT2D eigenvalue weighted by molar-refractivity contribution is -0.120. The van der Waals surface area contributed by atoms with Crippen molar-refractivity contribution in [1.29, 1.82) is 0 Å². The molecular formula is C13H15N3O. The topological polar surface area (TPSA) is 49.0 Å². The Kier molecular flexibility index (Phi) is 2.35. The molecule has 0 bridgehead atoms. The predicted molar refractivity (Wildman–Crippen MR) is 67.1 cm³/mol. The highest BCUT2D eigenvalue weighted by molar-refractivity contribution is 5.82. The van der Waals surface area contributed by atoms with E-state index in [1.54, 1.807) is 0 Å². The van der Waals surface area contributed by atoms with Crippen molar-refractivity contribution < 1.29 is 4.79 Å². The zero-order chi connectivity index (χ0) is 11.8. The summed E-state index contributed by atoms with van der Waals surface area (Å²) in [6, 6.07) is 8.22. The maximum absolute atomic E-state index is 11.4. The van der Waals surface area contributed by atoms with Crippen molar-refractivity contribution in [3.05, 3.63) is 24.3 Å². The molecular weight excluding hydrogens is 214 g/mol. The van der Waals surface area contributed by atoms with Crippen LogP contribution in [-0.4, -0.2) is 28.3 Å². The molecule has 0 saturated carbocycles. The van der Waals surface area contributed by atoms with Gasteiger partial charge in [-0.05, 0) is 19.1 Å². The van der Waals surface area contributed by atoms with Crippen LogP contribution in [0.25, 0.3) is 11.0 Å². The van der Waals surface area contributed by atoms with Crippen LogP contribution in [0.15, 0.2) is 24.3 Å². The quantitative estimate of drug-likeness (QED) is 0.814. The first-order chi connectivity index (χ1) is 8.24. The van der Waals surface area contributed by atoms with Crippen LogP contribution in [0.5, 0.6) is 0 Å². The lowest BCUT2D eigenvalue weighted by atomic mass is 10.0. The number of aromatic amines is 1. The summed E-state index contributed by atoms with van der Waals surface area (Å²) >= 11 is 0. The number of nitrogens with zero attached hydrogens (tertiary/aromatic N) is 2. The number of fused-ring (bicyclic) bond motifs is 1. The number of anilines is 1. The van der Waals surface area contributed by atoms with E-state index >= 15 is 0 Å². The van der Waals surface area contributed by atoms with E-state index in [1.165, 1.54) is 0 Å². The number of Topliss-reactive ketones (excluding diaryl/α,β-unsaturated/α-hetero) is 1. The van der Waals surface area contributed by atoms with E-state index in [0.717, 1.165) is 23.5 Å². The second-order valence-corrected chi connectivity index (χ2v) is 4.61. The molecule has 17 heavy (non-hydrogen) atoms. The zero-order valence-electron chi connectivity index (χ0n) is 9.81. The second kappa shape index (κ2) is 3.87. The highest BCUT2D eigenvalue weighted by atomic mass is 16.1. The fourth-order valence-electron chi connectivity index (χ4n) is 2.40. The molecule has 1 aromatic carbocycles. The maximum atomic E-state index is 11.4. The summed E-state index contributed by atoms with van der Waals surface area (Å²) < 4.78 is 0. The van der Waals surface area contributed by atoms with Crippen molar-refractivity contribution in [2.45, 2.75) is 25.8 Å². The number of nitrogens with one attached hydrogen (secondary N) is 1. The van der Waals surface area contributed by atoms with Gasteiger partial charge in [0.2, 0.25) is 5.95 Å². The Hall–Kier alpha value is -1.84. The number of H-pyrrole nitrogens is 1. The minimum atomic E-state index is 0.233. The van der Waals surface area contributed by atoms with Crippen molar-refractivity contribution in [1.82, 2.24) is 9.97 Å². The Balaban J connectivity index is 1.95. The molecule has 1 N–H and O–H groups in total. The van der Waals surface area contributed by atoms with E-state index in [9.17, 15) is 4.79 Å². The monoisotopic (exact) mass is 229 g/mol. The lowest BCUT2D eigenvalue weighted by Crippen LogP contribution is -2.41. The molecule has 2 aromatic rings. The molecule has 1 aliphatic heterocycles. The number of imidazole rings is 1. The number of carbonyl (C=O) groups excluding carboxylic acids is 1. The molecule has 0 radical (unpaired) electrons. The Morgan fingerprint density at radius 3 is 3.00 bits per heavy atom. The van der Waals surface area contributed by atoms with Crippen LogP contribution in [0.1, 0.15) is 19.8 Å². The third kappa shape index (κ3) is 1.79. The lowest BCUT2D eigenvalue weighted by Gasteiger charge is -2.32. The number of hydrogen-bond acceptors (Lipinski definition) is 3. The van der Waals surface area contributed by atoms with Gasteiger partial charge in [0.25, 0.3) is 0 Å². The van der Waals surface area contributed by atoms with Gasteiger partial charge in [-0.2, -0.15) is 0 Å². The number of rotatable bonds is 1. The largest absolute Gasteiger partial charge is 0.339 e. The van der Waals surface area contributed by atoms with Gasteiger partial charge < -0.3 is 9.88 Å². The van der Waals surface area contributed by atoms with Crippen LogP contribution in [0.4, 0.5) is 5.95 Å². The van der Waals surface area contributed by atoms with Crippen molar-refractivity contribution >= 4 is 22.8 Å². The van der Waals surface area contributed by atoms with Crippen LogP contribution in [0, 0.1) is 0 Å². The van der Waals surface area contributed by atoms with Crippen molar-refractivity contribution in [3.8, 4) is 0 Å². The van der Waals surface area contributed by atoms with E-state index in [2.05, 4.69) is 21.8 Å². The number of ketones is 1. The van der Waals surface area contributed by atoms with Gasteiger partial charge in [0, 0.05) is 25.4 Å². The molecule has 0 aliphatic carbocycles. The molecule has 2 heterocycles. The van der Waals surface area contributed by atoms with Crippen LogP contribution in [0.3, 0.4) is 0 Å². The summed E-state index contributed by atoms with van der Waals surface area (Å²) in [6.07, 6.45) is 1.25. The second-order valence-electron chi connectivity index (χ2n) is 4.61. The Labute approximate surface area is 99.6 Å². The van der Waals surface area contributed by atoms with Crippen LogP contribution in [-0.2, 0) is 4.79 Å². The molecule has 1 saturated heterocycles. The van der Waals surface area contributed by atoms with Crippen molar-refractivity contribution in [2.24, 2.45) is 0 Å². The zero-order valence-corrected chi connectivity index (χ0v) is 9.81. The van der Waals surface area contributed by atoms with Crippen molar-refractivity contribution in [3.63, 3.8) is 0 Å². The molecule has 0 amide bonds. The normalized spacial score (nSPS) is 21.1. The SMILES string of the molecule is CC1CC(=O)CCN1c1nc2ccccc2[nH]1. The van der Waals surface area contributed by atoms with Gasteiger partial charge in [-0.25, -0.2) is 4.98 Å². The average molecular weight is 229 g/mol. The number of carbonyl (C=O) groups is 1. The Bertz CT molecular complexity index is 528. The first-order valence-electron chi connectivity index (χ1n) is 5.97. The number of hydrogen-bond donors (Lipinski definition) is 1. The van der Waals surface area contributed by atoms with E-state index in [4.69, 9.17) is 0 Å². The van der Waals surface area contributed by atoms with Crippen molar-refractivity contribution in [2.75, 3.05) is 11.4 Å².